The Balaban J connectivity index is 2.46. The van der Waals surface area contributed by atoms with Crippen LogP contribution in [-0.2, 0) is 14.3 Å². The number of hydrogen-bond acceptors (Lipinski definition) is 5. The summed E-state index contributed by atoms with van der Waals surface area (Å²) in [5.41, 5.74) is 2.08. The fourth-order valence-corrected chi connectivity index (χ4v) is 5.11. The smallest absolute Gasteiger partial charge is 0.331 e. The van der Waals surface area contributed by atoms with Gasteiger partial charge in [0.2, 0.25) is 5.91 Å². The summed E-state index contributed by atoms with van der Waals surface area (Å²) in [7, 11) is 1.99. The number of cyclic esters (lactones) is 1. The van der Waals surface area contributed by atoms with Gasteiger partial charge in [0, 0.05) is 36.8 Å². The van der Waals surface area contributed by atoms with Gasteiger partial charge in [-0.3, -0.25) is 4.79 Å². The number of carbonyl (C=O) groups is 2. The lowest BCUT2D eigenvalue weighted by atomic mass is 9.68. The van der Waals surface area contributed by atoms with Gasteiger partial charge in [0.25, 0.3) is 0 Å². The highest BCUT2D eigenvalue weighted by molar-refractivity contribution is 5.82. The number of allylic oxidation sites excluding steroid dienone is 9. The van der Waals surface area contributed by atoms with E-state index in [2.05, 4.69) is 60.9 Å². The third-order valence-corrected chi connectivity index (χ3v) is 7.54. The van der Waals surface area contributed by atoms with Crippen LogP contribution in [-0.4, -0.2) is 48.3 Å². The summed E-state index contributed by atoms with van der Waals surface area (Å²) in [6.45, 7) is 13.4. The van der Waals surface area contributed by atoms with Gasteiger partial charge in [0.05, 0.1) is 12.1 Å². The molecule has 0 spiro atoms. The molecule has 204 valence electrons. The van der Waals surface area contributed by atoms with Crippen molar-refractivity contribution in [3.63, 3.8) is 0 Å². The molecule has 0 unspecified atom stereocenters. The molecule has 0 fully saturated rings. The summed E-state index contributed by atoms with van der Waals surface area (Å²) < 4.78 is 5.86. The number of carbonyl (C=O) groups excluding carboxylic acids is 2. The quantitative estimate of drug-likeness (QED) is 0.365. The number of rotatable bonds is 5. The van der Waals surface area contributed by atoms with Crippen LogP contribution in [0.2, 0.25) is 0 Å². The summed E-state index contributed by atoms with van der Waals surface area (Å²) in [6.07, 6.45) is 19.8. The zero-order valence-corrected chi connectivity index (χ0v) is 23.7. The van der Waals surface area contributed by atoms with Crippen LogP contribution in [0, 0.1) is 23.2 Å². The van der Waals surface area contributed by atoms with Crippen LogP contribution < -0.4 is 10.6 Å². The highest BCUT2D eigenvalue weighted by Crippen LogP contribution is 2.40. The molecule has 0 bridgehead atoms. The molecule has 0 aromatic heterocycles. The van der Waals surface area contributed by atoms with Gasteiger partial charge in [-0.2, -0.15) is 0 Å². The third kappa shape index (κ3) is 8.97. The lowest BCUT2D eigenvalue weighted by Gasteiger charge is -2.38. The van der Waals surface area contributed by atoms with Crippen LogP contribution in [0.5, 0.6) is 0 Å². The molecule has 6 nitrogen and oxygen atoms in total. The van der Waals surface area contributed by atoms with Gasteiger partial charge in [0.1, 0.15) is 6.10 Å². The number of likely N-dealkylation sites (N-methyl/N-ethyl adjacent to an activating group) is 1. The van der Waals surface area contributed by atoms with E-state index < -0.39 is 30.1 Å². The molecule has 0 aromatic carbocycles. The molecule has 1 amide bonds. The van der Waals surface area contributed by atoms with E-state index >= 15 is 0 Å². The van der Waals surface area contributed by atoms with Gasteiger partial charge < -0.3 is 20.5 Å². The van der Waals surface area contributed by atoms with E-state index in [4.69, 9.17) is 4.74 Å². The zero-order chi connectivity index (χ0) is 27.8. The molecule has 1 heterocycles. The Hall–Kier alpha value is -2.70. The highest BCUT2D eigenvalue weighted by Gasteiger charge is 2.35. The summed E-state index contributed by atoms with van der Waals surface area (Å²) >= 11 is 0. The lowest BCUT2D eigenvalue weighted by Crippen LogP contribution is -2.48. The van der Waals surface area contributed by atoms with E-state index in [-0.39, 0.29) is 23.2 Å². The average molecular weight is 511 g/mol. The van der Waals surface area contributed by atoms with Gasteiger partial charge in [-0.1, -0.05) is 86.6 Å². The molecular formula is C31H46N2O4. The van der Waals surface area contributed by atoms with E-state index in [1.165, 1.54) is 13.0 Å². The Labute approximate surface area is 223 Å². The second-order valence-electron chi connectivity index (χ2n) is 11.0. The second kappa shape index (κ2) is 13.7. The van der Waals surface area contributed by atoms with Crippen molar-refractivity contribution in [3.05, 3.63) is 71.9 Å². The van der Waals surface area contributed by atoms with Gasteiger partial charge in [-0.05, 0) is 39.7 Å². The summed E-state index contributed by atoms with van der Waals surface area (Å²) in [6, 6.07) is -0.164. The van der Waals surface area contributed by atoms with Crippen LogP contribution in [0.25, 0.3) is 0 Å². The minimum atomic E-state index is -0.885. The number of ether oxygens (including phenoxy) is 1. The average Bonchev–Trinajstić information content (AvgIpc) is 2.84. The van der Waals surface area contributed by atoms with E-state index in [9.17, 15) is 14.7 Å². The van der Waals surface area contributed by atoms with E-state index in [0.717, 1.165) is 17.6 Å². The Morgan fingerprint density at radius 1 is 1.14 bits per heavy atom. The Bertz CT molecular complexity index is 989. The number of esters is 1. The number of nitrogens with one attached hydrogen (secondary N) is 2. The van der Waals surface area contributed by atoms with Crippen molar-refractivity contribution in [3.8, 4) is 0 Å². The Morgan fingerprint density at radius 3 is 2.49 bits per heavy atom. The number of fused-ring (bicyclic) bond motifs is 1. The van der Waals surface area contributed by atoms with Crippen molar-refractivity contribution in [1.82, 2.24) is 10.6 Å². The molecule has 0 aromatic rings. The minimum absolute atomic E-state index is 0.0705. The fraction of sp³-hybridized carbons (Fsp3) is 0.548. The van der Waals surface area contributed by atoms with Crippen LogP contribution in [0.1, 0.15) is 54.9 Å². The van der Waals surface area contributed by atoms with Crippen molar-refractivity contribution in [2.75, 3.05) is 7.05 Å². The Kier molecular flexibility index (Phi) is 11.3. The monoisotopic (exact) mass is 510 g/mol. The van der Waals surface area contributed by atoms with Crippen LogP contribution >= 0.6 is 0 Å². The van der Waals surface area contributed by atoms with Gasteiger partial charge in [-0.25, -0.2) is 4.79 Å². The molecule has 2 rings (SSSR count). The van der Waals surface area contributed by atoms with Crippen molar-refractivity contribution >= 4 is 11.9 Å². The number of hydrogen-bond donors (Lipinski definition) is 3. The molecule has 8 atom stereocenters. The zero-order valence-electron chi connectivity index (χ0n) is 23.7. The SMILES string of the molecule is CN[C@H]1C=C[C@@H]2/C=C(C)/C=C/[C@@H](C)[C@H]([C@H](C)[C@H](O)[C@@H](C)NC(C)=O)OC(=O)/C=C/C=C(C)\C=C\[C@]2(C)C1. The van der Waals surface area contributed by atoms with Crippen molar-refractivity contribution in [2.45, 2.75) is 79.2 Å². The maximum absolute atomic E-state index is 12.7. The normalized spacial score (nSPS) is 36.8. The predicted octanol–water partition coefficient (Wildman–Crippen LogP) is 4.80. The second-order valence-corrected chi connectivity index (χ2v) is 11.0. The minimum Gasteiger partial charge on any atom is -0.458 e. The molecule has 1 aliphatic carbocycles. The summed E-state index contributed by atoms with van der Waals surface area (Å²) in [5, 5.41) is 17.0. The van der Waals surface area contributed by atoms with Gasteiger partial charge in [-0.15, -0.1) is 0 Å². The molecular weight excluding hydrogens is 464 g/mol. The first-order valence-electron chi connectivity index (χ1n) is 13.3. The van der Waals surface area contributed by atoms with Crippen molar-refractivity contribution < 1.29 is 19.4 Å². The first kappa shape index (κ1) is 30.5. The third-order valence-electron chi connectivity index (χ3n) is 7.54. The van der Waals surface area contributed by atoms with Crippen molar-refractivity contribution in [2.24, 2.45) is 23.2 Å². The lowest BCUT2D eigenvalue weighted by molar-refractivity contribution is -0.151. The first-order chi connectivity index (χ1) is 17.4. The van der Waals surface area contributed by atoms with Gasteiger partial charge >= 0.3 is 5.97 Å². The molecule has 37 heavy (non-hydrogen) atoms. The fourth-order valence-electron chi connectivity index (χ4n) is 5.11. The van der Waals surface area contributed by atoms with Crippen LogP contribution in [0.4, 0.5) is 0 Å². The van der Waals surface area contributed by atoms with Gasteiger partial charge in [0.15, 0.2) is 0 Å². The maximum Gasteiger partial charge on any atom is 0.331 e. The van der Waals surface area contributed by atoms with E-state index in [1.54, 1.807) is 13.0 Å². The molecule has 0 saturated carbocycles. The molecule has 1 aliphatic heterocycles. The number of aliphatic hydroxyl groups excluding tert-OH is 1. The van der Waals surface area contributed by atoms with E-state index in [1.807, 2.05) is 40.0 Å². The predicted molar refractivity (Wildman–Crippen MR) is 151 cm³/mol. The number of amides is 1. The largest absolute Gasteiger partial charge is 0.458 e. The highest BCUT2D eigenvalue weighted by atomic mass is 16.5. The number of aliphatic hydroxyl groups is 1. The molecule has 6 heteroatoms. The van der Waals surface area contributed by atoms with Crippen LogP contribution in [0.15, 0.2) is 71.9 Å². The molecule has 2 aliphatic rings. The standard InChI is InChI=1S/C31H46N2O4/c1-20-10-9-11-28(35)37-30(23(4)29(36)24(5)33-25(6)34)22(3)13-12-21(2)18-26-14-15-27(32-8)19-31(26,7)17-16-20/h9-18,22-24,26-27,29-30,32,36H,19H2,1-8H3,(H,33,34)/b11-9+,13-12+,17-16+,20-10-,21-18+/t22-,23-,24-,26-,27+,29+,30-,31-/m1/s1. The molecule has 3 N–H and O–H groups in total. The Morgan fingerprint density at radius 2 is 1.84 bits per heavy atom. The van der Waals surface area contributed by atoms with Crippen molar-refractivity contribution in [1.29, 1.82) is 0 Å². The maximum atomic E-state index is 12.7. The first-order valence-corrected chi connectivity index (χ1v) is 13.3. The van der Waals surface area contributed by atoms with Crippen LogP contribution in [0.3, 0.4) is 0 Å². The molecule has 0 saturated heterocycles. The molecule has 0 radical (unpaired) electrons. The summed E-state index contributed by atoms with van der Waals surface area (Å²) in [4.78, 5) is 24.2. The topological polar surface area (TPSA) is 87.7 Å². The van der Waals surface area contributed by atoms with E-state index in [0.29, 0.717) is 6.04 Å². The summed E-state index contributed by atoms with van der Waals surface area (Å²) in [5.74, 6) is -1.03.